The molecular weight excluding hydrogens is 653 g/mol. The third-order valence-corrected chi connectivity index (χ3v) is 6.96. The zero-order valence-electron chi connectivity index (χ0n) is 21.2. The number of carbonyl (C=O) groups excluding carboxylic acids is 4. The molecule has 0 aliphatic heterocycles. The molecule has 218 valence electrons. The Kier molecular flexibility index (Phi) is 14.1. The first-order chi connectivity index (χ1) is 18.9. The molecule has 0 aliphatic carbocycles. The lowest BCUT2D eigenvalue weighted by Gasteiger charge is -2.16. The lowest BCUT2D eigenvalue weighted by molar-refractivity contribution is -0.156. The van der Waals surface area contributed by atoms with E-state index in [4.69, 9.17) is 88.6 Å². The standard InChI is InChI=1S/C26H24Cl6O8/c1-3-5-7-17(31)37-23(33)19-13(27)9-11-15(29)21(19)39-25(35)26(36)40-22-16(30)12-10-14(28)20(22)24(34)38-18(32)8-6-4-2/h9-12,17-18H,3-8H2,1-2H3. The summed E-state index contributed by atoms with van der Waals surface area (Å²) in [5, 5.41) is -0.872. The van der Waals surface area contributed by atoms with Crippen LogP contribution < -0.4 is 9.47 Å². The van der Waals surface area contributed by atoms with E-state index in [1.807, 2.05) is 13.8 Å². The molecule has 0 saturated carbocycles. The maximum absolute atomic E-state index is 12.8. The van der Waals surface area contributed by atoms with Gasteiger partial charge >= 0.3 is 23.9 Å². The van der Waals surface area contributed by atoms with E-state index in [9.17, 15) is 19.2 Å². The number of halogens is 6. The number of carbonyl (C=O) groups is 4. The van der Waals surface area contributed by atoms with Gasteiger partial charge in [-0.3, -0.25) is 0 Å². The Hall–Kier alpha value is -1.94. The molecule has 0 aliphatic rings. The minimum Gasteiger partial charge on any atom is -0.442 e. The highest BCUT2D eigenvalue weighted by molar-refractivity contribution is 6.39. The summed E-state index contributed by atoms with van der Waals surface area (Å²) in [4.78, 5) is 50.9. The van der Waals surface area contributed by atoms with E-state index in [2.05, 4.69) is 0 Å². The highest BCUT2D eigenvalue weighted by Gasteiger charge is 2.31. The van der Waals surface area contributed by atoms with Gasteiger partial charge in [0.2, 0.25) is 0 Å². The first-order valence-electron chi connectivity index (χ1n) is 12.0. The average molecular weight is 677 g/mol. The molecular formula is C26H24Cl6O8. The van der Waals surface area contributed by atoms with Crippen molar-refractivity contribution >= 4 is 93.5 Å². The molecule has 0 spiro atoms. The highest BCUT2D eigenvalue weighted by atomic mass is 35.5. The van der Waals surface area contributed by atoms with Crippen LogP contribution in [0, 0.1) is 0 Å². The third-order valence-electron chi connectivity index (χ3n) is 5.12. The second-order valence-electron chi connectivity index (χ2n) is 8.16. The predicted molar refractivity (Wildman–Crippen MR) is 153 cm³/mol. The molecule has 8 nitrogen and oxygen atoms in total. The molecule has 2 aromatic rings. The van der Waals surface area contributed by atoms with Gasteiger partial charge in [0.05, 0.1) is 20.1 Å². The number of benzene rings is 2. The van der Waals surface area contributed by atoms with E-state index in [1.54, 1.807) is 0 Å². The van der Waals surface area contributed by atoms with E-state index >= 15 is 0 Å². The fourth-order valence-electron chi connectivity index (χ4n) is 3.11. The van der Waals surface area contributed by atoms with Gasteiger partial charge < -0.3 is 18.9 Å². The summed E-state index contributed by atoms with van der Waals surface area (Å²) in [5.74, 6) is -6.50. The van der Waals surface area contributed by atoms with Crippen molar-refractivity contribution in [1.29, 1.82) is 0 Å². The van der Waals surface area contributed by atoms with Crippen molar-refractivity contribution in [2.75, 3.05) is 0 Å². The molecule has 0 radical (unpaired) electrons. The van der Waals surface area contributed by atoms with Gasteiger partial charge in [0, 0.05) is 0 Å². The van der Waals surface area contributed by atoms with E-state index in [0.29, 0.717) is 25.7 Å². The smallest absolute Gasteiger partial charge is 0.423 e. The molecule has 2 aromatic carbocycles. The summed E-state index contributed by atoms with van der Waals surface area (Å²) in [7, 11) is 0. The maximum atomic E-state index is 12.8. The number of unbranched alkanes of at least 4 members (excludes halogenated alkanes) is 2. The van der Waals surface area contributed by atoms with Crippen molar-refractivity contribution in [3.8, 4) is 11.5 Å². The fraction of sp³-hybridized carbons (Fsp3) is 0.385. The van der Waals surface area contributed by atoms with Crippen molar-refractivity contribution < 1.29 is 38.1 Å². The average Bonchev–Trinajstić information content (AvgIpc) is 2.90. The number of hydrogen-bond donors (Lipinski definition) is 0. The van der Waals surface area contributed by atoms with Crippen molar-refractivity contribution in [2.24, 2.45) is 0 Å². The number of rotatable bonds is 12. The van der Waals surface area contributed by atoms with Gasteiger partial charge in [0.1, 0.15) is 11.1 Å². The molecule has 0 N–H and O–H groups in total. The zero-order valence-corrected chi connectivity index (χ0v) is 25.8. The first-order valence-corrected chi connectivity index (χ1v) is 14.4. The van der Waals surface area contributed by atoms with Gasteiger partial charge in [-0.15, -0.1) is 0 Å². The monoisotopic (exact) mass is 674 g/mol. The third kappa shape index (κ3) is 9.57. The number of alkyl halides is 2. The Morgan fingerprint density at radius 3 is 1.27 bits per heavy atom. The fourth-order valence-corrected chi connectivity index (χ4v) is 4.43. The second-order valence-corrected chi connectivity index (χ2v) is 10.8. The second kappa shape index (κ2) is 16.5. The molecule has 14 heteroatoms. The Bertz CT molecular complexity index is 1160. The molecule has 0 saturated heterocycles. The van der Waals surface area contributed by atoms with E-state index in [-0.39, 0.29) is 20.1 Å². The zero-order chi connectivity index (χ0) is 30.0. The van der Waals surface area contributed by atoms with Gasteiger partial charge in [-0.25, -0.2) is 19.2 Å². The number of ether oxygens (including phenoxy) is 4. The van der Waals surface area contributed by atoms with Crippen LogP contribution in [0.1, 0.15) is 73.1 Å². The maximum Gasteiger partial charge on any atom is 0.423 e. The molecule has 0 heterocycles. The molecule has 0 amide bonds. The SMILES string of the molecule is CCCCC(Cl)OC(=O)c1c(Cl)ccc(Cl)c1OC(=O)C(=O)Oc1c(Cl)ccc(Cl)c1C(=O)OC(Cl)CCCC. The Labute approximate surface area is 261 Å². The molecule has 2 atom stereocenters. The van der Waals surface area contributed by atoms with Crippen LogP contribution in [-0.4, -0.2) is 35.0 Å². The van der Waals surface area contributed by atoms with Crippen LogP contribution in [0.4, 0.5) is 0 Å². The molecule has 2 unspecified atom stereocenters. The Morgan fingerprint density at radius 2 is 0.950 bits per heavy atom. The lowest BCUT2D eigenvalue weighted by atomic mass is 10.2. The van der Waals surface area contributed by atoms with Gasteiger partial charge in [-0.1, -0.05) is 96.3 Å². The number of hydrogen-bond acceptors (Lipinski definition) is 8. The molecule has 0 fully saturated rings. The Morgan fingerprint density at radius 1 is 0.625 bits per heavy atom. The summed E-state index contributed by atoms with van der Waals surface area (Å²) in [6.45, 7) is 3.86. The Balaban J connectivity index is 2.30. The highest BCUT2D eigenvalue weighted by Crippen LogP contribution is 2.37. The van der Waals surface area contributed by atoms with E-state index in [0.717, 1.165) is 12.8 Å². The largest absolute Gasteiger partial charge is 0.442 e. The van der Waals surface area contributed by atoms with Crippen LogP contribution in [-0.2, 0) is 19.1 Å². The van der Waals surface area contributed by atoms with Crippen LogP contribution in [0.5, 0.6) is 11.5 Å². The minimum atomic E-state index is -1.64. The van der Waals surface area contributed by atoms with Crippen molar-refractivity contribution in [1.82, 2.24) is 0 Å². The van der Waals surface area contributed by atoms with Crippen molar-refractivity contribution in [3.05, 3.63) is 55.5 Å². The normalized spacial score (nSPS) is 12.3. The lowest BCUT2D eigenvalue weighted by Crippen LogP contribution is -2.27. The van der Waals surface area contributed by atoms with Crippen LogP contribution >= 0.6 is 69.6 Å². The topological polar surface area (TPSA) is 105 Å². The molecule has 40 heavy (non-hydrogen) atoms. The van der Waals surface area contributed by atoms with Gasteiger partial charge in [0.25, 0.3) is 0 Å². The van der Waals surface area contributed by atoms with Crippen molar-refractivity contribution in [3.63, 3.8) is 0 Å². The van der Waals surface area contributed by atoms with Crippen LogP contribution in [0.15, 0.2) is 24.3 Å². The quantitative estimate of drug-likeness (QED) is 0.0952. The molecule has 2 rings (SSSR count). The molecule has 0 bridgehead atoms. The summed E-state index contributed by atoms with van der Waals surface area (Å²) >= 11 is 36.6. The van der Waals surface area contributed by atoms with Crippen LogP contribution in [0.2, 0.25) is 20.1 Å². The minimum absolute atomic E-state index is 0.188. The van der Waals surface area contributed by atoms with Gasteiger partial charge in [0.15, 0.2) is 22.6 Å². The van der Waals surface area contributed by atoms with E-state index in [1.165, 1.54) is 24.3 Å². The molecule has 0 aromatic heterocycles. The van der Waals surface area contributed by atoms with Gasteiger partial charge in [-0.05, 0) is 49.9 Å². The summed E-state index contributed by atoms with van der Waals surface area (Å²) in [6.07, 6.45) is 3.71. The van der Waals surface area contributed by atoms with Crippen LogP contribution in [0.3, 0.4) is 0 Å². The number of esters is 4. The van der Waals surface area contributed by atoms with Gasteiger partial charge in [-0.2, -0.15) is 0 Å². The predicted octanol–water partition coefficient (Wildman–Crippen LogP) is 8.64. The summed E-state index contributed by atoms with van der Waals surface area (Å²) in [5.41, 5.74) is -2.87. The summed E-state index contributed by atoms with van der Waals surface area (Å²) in [6, 6.07) is 4.99. The van der Waals surface area contributed by atoms with Crippen molar-refractivity contribution in [2.45, 2.75) is 63.5 Å². The van der Waals surface area contributed by atoms with E-state index < -0.39 is 57.6 Å². The summed E-state index contributed by atoms with van der Waals surface area (Å²) < 4.78 is 20.5. The van der Waals surface area contributed by atoms with Crippen LogP contribution in [0.25, 0.3) is 0 Å². The first kappa shape index (κ1) is 34.3.